The quantitative estimate of drug-likeness (QED) is 0.335. The van der Waals surface area contributed by atoms with Gasteiger partial charge in [-0.2, -0.15) is 0 Å². The summed E-state index contributed by atoms with van der Waals surface area (Å²) in [6.07, 6.45) is 3.29. The van der Waals surface area contributed by atoms with E-state index in [1.165, 1.54) is 11.3 Å². The van der Waals surface area contributed by atoms with E-state index >= 15 is 0 Å². The molecule has 0 bridgehead atoms. The summed E-state index contributed by atoms with van der Waals surface area (Å²) < 4.78 is 16.9. The number of hydrogen-bond donors (Lipinski definition) is 1. The number of benzene rings is 2. The van der Waals surface area contributed by atoms with Gasteiger partial charge in [0.15, 0.2) is 5.13 Å². The second-order valence-corrected chi connectivity index (χ2v) is 8.12. The van der Waals surface area contributed by atoms with Crippen LogP contribution in [0.5, 0.6) is 11.5 Å². The molecule has 1 amide bonds. The maximum atomic E-state index is 12.5. The minimum atomic E-state index is -0.238. The summed E-state index contributed by atoms with van der Waals surface area (Å²) in [5, 5.41) is 6.21. The molecule has 7 heteroatoms. The number of hydrogen-bond acceptors (Lipinski definition) is 6. The van der Waals surface area contributed by atoms with E-state index in [0.29, 0.717) is 23.1 Å². The Morgan fingerprint density at radius 2 is 2.03 bits per heavy atom. The molecule has 0 radical (unpaired) electrons. The van der Waals surface area contributed by atoms with E-state index in [4.69, 9.17) is 13.9 Å². The van der Waals surface area contributed by atoms with E-state index in [-0.39, 0.29) is 5.91 Å². The molecule has 0 unspecified atom stereocenters. The Balaban J connectivity index is 1.69. The molecule has 6 nitrogen and oxygen atoms in total. The number of thiazole rings is 1. The third-order valence-corrected chi connectivity index (χ3v) is 5.87. The minimum Gasteiger partial charge on any atom is -0.496 e. The van der Waals surface area contributed by atoms with Gasteiger partial charge in [0.2, 0.25) is 5.91 Å². The SMILES string of the molecule is CCOc1ccc(-c2coc3cc(OC)c(/C(C)=C/C(=O)Nc4nc(C)cs4)cc23)cc1. The number of nitrogens with zero attached hydrogens (tertiary/aromatic N) is 1. The Morgan fingerprint density at radius 3 is 2.69 bits per heavy atom. The van der Waals surface area contributed by atoms with Gasteiger partial charge < -0.3 is 13.9 Å². The normalized spacial score (nSPS) is 11.6. The standard InChI is InChI=1S/C25H24N2O4S/c1-5-30-18-8-6-17(7-9-18)21-13-31-23-12-22(29-4)19(11-20(21)23)15(2)10-24(28)27-25-26-16(3)14-32-25/h6-14H,5H2,1-4H3,(H,26,27,28)/b15-10+. The van der Waals surface area contributed by atoms with Crippen molar-refractivity contribution in [1.82, 2.24) is 4.98 Å². The van der Waals surface area contributed by atoms with Crippen LogP contribution in [0.15, 0.2) is 58.5 Å². The predicted molar refractivity (Wildman–Crippen MR) is 129 cm³/mol. The summed E-state index contributed by atoms with van der Waals surface area (Å²) in [4.78, 5) is 16.8. The number of fused-ring (bicyclic) bond motifs is 1. The Kier molecular flexibility index (Phi) is 6.28. The van der Waals surface area contributed by atoms with Crippen molar-refractivity contribution in [2.24, 2.45) is 0 Å². The average Bonchev–Trinajstić information content (AvgIpc) is 3.38. The summed E-state index contributed by atoms with van der Waals surface area (Å²) in [7, 11) is 1.60. The third-order valence-electron chi connectivity index (χ3n) is 4.99. The van der Waals surface area contributed by atoms with E-state index in [0.717, 1.165) is 39.1 Å². The van der Waals surface area contributed by atoms with Crippen LogP contribution in [0.1, 0.15) is 25.1 Å². The van der Waals surface area contributed by atoms with E-state index < -0.39 is 0 Å². The number of methoxy groups -OCH3 is 1. The Bertz CT molecular complexity index is 1290. The number of carbonyl (C=O) groups is 1. The third kappa shape index (κ3) is 4.53. The number of aromatic nitrogens is 1. The maximum Gasteiger partial charge on any atom is 0.250 e. The number of allylic oxidation sites excluding steroid dienone is 1. The van der Waals surface area contributed by atoms with Crippen molar-refractivity contribution < 1.29 is 18.7 Å². The van der Waals surface area contributed by atoms with Crippen molar-refractivity contribution in [2.45, 2.75) is 20.8 Å². The lowest BCUT2D eigenvalue weighted by atomic mass is 9.99. The van der Waals surface area contributed by atoms with Gasteiger partial charge in [0.05, 0.1) is 25.7 Å². The fourth-order valence-electron chi connectivity index (χ4n) is 3.48. The van der Waals surface area contributed by atoms with Gasteiger partial charge in [-0.15, -0.1) is 11.3 Å². The van der Waals surface area contributed by atoms with Gasteiger partial charge in [-0.25, -0.2) is 4.98 Å². The second-order valence-electron chi connectivity index (χ2n) is 7.27. The molecule has 1 N–H and O–H groups in total. The smallest absolute Gasteiger partial charge is 0.250 e. The van der Waals surface area contributed by atoms with Crippen molar-refractivity contribution in [3.05, 3.63) is 65.4 Å². The van der Waals surface area contributed by atoms with Crippen molar-refractivity contribution in [3.63, 3.8) is 0 Å². The summed E-state index contributed by atoms with van der Waals surface area (Å²) in [6, 6.07) is 11.7. The number of rotatable bonds is 7. The maximum absolute atomic E-state index is 12.5. The zero-order valence-corrected chi connectivity index (χ0v) is 19.2. The zero-order chi connectivity index (χ0) is 22.7. The Morgan fingerprint density at radius 1 is 1.25 bits per heavy atom. The summed E-state index contributed by atoms with van der Waals surface area (Å²) in [5.41, 5.74) is 5.15. The fourth-order valence-corrected chi connectivity index (χ4v) is 4.17. The molecular weight excluding hydrogens is 424 g/mol. The summed E-state index contributed by atoms with van der Waals surface area (Å²) in [6.45, 7) is 6.35. The van der Waals surface area contributed by atoms with Crippen molar-refractivity contribution >= 4 is 38.9 Å². The number of ether oxygens (including phenoxy) is 2. The largest absolute Gasteiger partial charge is 0.496 e. The molecule has 0 aliphatic rings. The molecule has 2 aromatic carbocycles. The lowest BCUT2D eigenvalue weighted by Gasteiger charge is -2.10. The number of aryl methyl sites for hydroxylation is 1. The zero-order valence-electron chi connectivity index (χ0n) is 18.4. The number of furan rings is 1. The number of carbonyl (C=O) groups excluding carboxylic acids is 1. The highest BCUT2D eigenvalue weighted by molar-refractivity contribution is 7.13. The summed E-state index contributed by atoms with van der Waals surface area (Å²) in [5.74, 6) is 1.22. The molecule has 2 aromatic heterocycles. The Labute approximate surface area is 190 Å². The van der Waals surface area contributed by atoms with Crippen LogP contribution < -0.4 is 14.8 Å². The first-order valence-electron chi connectivity index (χ1n) is 10.2. The molecule has 0 spiro atoms. The molecule has 4 aromatic rings. The van der Waals surface area contributed by atoms with Crippen molar-refractivity contribution in [1.29, 1.82) is 0 Å². The van der Waals surface area contributed by atoms with Crippen LogP contribution in [0.25, 0.3) is 27.7 Å². The van der Waals surface area contributed by atoms with Gasteiger partial charge in [-0.3, -0.25) is 10.1 Å². The van der Waals surface area contributed by atoms with E-state index in [9.17, 15) is 4.79 Å². The molecule has 0 saturated heterocycles. The molecule has 0 aliphatic carbocycles. The van der Waals surface area contributed by atoms with Crippen LogP contribution in [0.3, 0.4) is 0 Å². The number of amides is 1. The van der Waals surface area contributed by atoms with E-state index in [1.807, 2.05) is 62.5 Å². The topological polar surface area (TPSA) is 73.6 Å². The predicted octanol–water partition coefficient (Wildman–Crippen LogP) is 6.31. The molecular formula is C25H24N2O4S. The highest BCUT2D eigenvalue weighted by Crippen LogP contribution is 2.37. The molecule has 0 fully saturated rings. The van der Waals surface area contributed by atoms with Gasteiger partial charge in [-0.1, -0.05) is 12.1 Å². The number of nitrogens with one attached hydrogen (secondary N) is 1. The molecule has 0 saturated carbocycles. The minimum absolute atomic E-state index is 0.238. The van der Waals surface area contributed by atoms with Crippen LogP contribution in [-0.4, -0.2) is 24.6 Å². The molecule has 164 valence electrons. The van der Waals surface area contributed by atoms with Crippen molar-refractivity contribution in [3.8, 4) is 22.6 Å². The van der Waals surface area contributed by atoms with E-state index in [1.54, 1.807) is 19.4 Å². The van der Waals surface area contributed by atoms with E-state index in [2.05, 4.69) is 10.3 Å². The van der Waals surface area contributed by atoms with Crippen LogP contribution in [0.4, 0.5) is 5.13 Å². The van der Waals surface area contributed by atoms with Gasteiger partial charge in [0.25, 0.3) is 0 Å². The Hall–Kier alpha value is -3.58. The second kappa shape index (κ2) is 9.28. The molecule has 0 atom stereocenters. The van der Waals surface area contributed by atoms with Gasteiger partial charge >= 0.3 is 0 Å². The monoisotopic (exact) mass is 448 g/mol. The molecule has 2 heterocycles. The highest BCUT2D eigenvalue weighted by atomic mass is 32.1. The van der Waals surface area contributed by atoms with Crippen molar-refractivity contribution in [2.75, 3.05) is 19.0 Å². The first-order valence-corrected chi connectivity index (χ1v) is 11.1. The van der Waals surface area contributed by atoms with Gasteiger partial charge in [0, 0.05) is 34.0 Å². The van der Waals surface area contributed by atoms with Crippen LogP contribution in [0, 0.1) is 6.92 Å². The lowest BCUT2D eigenvalue weighted by Crippen LogP contribution is -2.08. The average molecular weight is 449 g/mol. The lowest BCUT2D eigenvalue weighted by molar-refractivity contribution is -0.111. The highest BCUT2D eigenvalue weighted by Gasteiger charge is 2.15. The van der Waals surface area contributed by atoms with Crippen LogP contribution >= 0.6 is 11.3 Å². The first kappa shape index (κ1) is 21.6. The van der Waals surface area contributed by atoms with Crippen LogP contribution in [0.2, 0.25) is 0 Å². The molecule has 0 aliphatic heterocycles. The molecule has 4 rings (SSSR count). The first-order chi connectivity index (χ1) is 15.5. The van der Waals surface area contributed by atoms with Gasteiger partial charge in [0.1, 0.15) is 17.1 Å². The fraction of sp³-hybridized carbons (Fsp3) is 0.200. The van der Waals surface area contributed by atoms with Gasteiger partial charge in [-0.05, 0) is 50.1 Å². The molecule has 32 heavy (non-hydrogen) atoms. The summed E-state index contributed by atoms with van der Waals surface area (Å²) >= 11 is 1.40. The number of anilines is 1. The van der Waals surface area contributed by atoms with Crippen LogP contribution in [-0.2, 0) is 4.79 Å².